The Kier molecular flexibility index (Phi) is 5.81. The van der Waals surface area contributed by atoms with Gasteiger partial charge in [0.25, 0.3) is 5.91 Å². The molecular formula is C22H23FN2O2. The van der Waals surface area contributed by atoms with E-state index in [1.807, 2.05) is 38.1 Å². The zero-order chi connectivity index (χ0) is 19.4. The van der Waals surface area contributed by atoms with Gasteiger partial charge in [0.05, 0.1) is 23.8 Å². The Morgan fingerprint density at radius 2 is 1.89 bits per heavy atom. The van der Waals surface area contributed by atoms with Crippen molar-refractivity contribution in [3.8, 4) is 0 Å². The minimum Gasteiger partial charge on any atom is -0.374 e. The fourth-order valence-corrected chi connectivity index (χ4v) is 2.92. The number of fused-ring (bicyclic) bond motifs is 1. The molecule has 3 rings (SSSR count). The van der Waals surface area contributed by atoms with Crippen LogP contribution in [-0.2, 0) is 17.9 Å². The van der Waals surface area contributed by atoms with Crippen molar-refractivity contribution in [3.05, 3.63) is 76.7 Å². The molecule has 0 saturated heterocycles. The SMILES string of the molecule is Cc1cc(C(=O)NCc2ccccc2COC(C)C)c2ccc(F)cc2n1. The number of aryl methyl sites for hydroxylation is 1. The lowest BCUT2D eigenvalue weighted by Crippen LogP contribution is -2.24. The molecule has 1 N–H and O–H groups in total. The highest BCUT2D eigenvalue weighted by Gasteiger charge is 2.13. The summed E-state index contributed by atoms with van der Waals surface area (Å²) >= 11 is 0. The number of carbonyl (C=O) groups is 1. The number of nitrogens with one attached hydrogen (secondary N) is 1. The largest absolute Gasteiger partial charge is 0.374 e. The van der Waals surface area contributed by atoms with Crippen molar-refractivity contribution < 1.29 is 13.9 Å². The van der Waals surface area contributed by atoms with E-state index in [1.54, 1.807) is 19.1 Å². The molecule has 1 aromatic heterocycles. The van der Waals surface area contributed by atoms with Gasteiger partial charge >= 0.3 is 0 Å². The Morgan fingerprint density at radius 3 is 2.63 bits per heavy atom. The van der Waals surface area contributed by atoms with Gasteiger partial charge in [-0.3, -0.25) is 9.78 Å². The predicted molar refractivity (Wildman–Crippen MR) is 104 cm³/mol. The number of ether oxygens (including phenoxy) is 1. The topological polar surface area (TPSA) is 51.2 Å². The number of aromatic nitrogens is 1. The zero-order valence-electron chi connectivity index (χ0n) is 15.8. The number of nitrogens with zero attached hydrogens (tertiary/aromatic N) is 1. The van der Waals surface area contributed by atoms with Crippen molar-refractivity contribution in [1.82, 2.24) is 10.3 Å². The molecule has 0 radical (unpaired) electrons. The summed E-state index contributed by atoms with van der Waals surface area (Å²) in [7, 11) is 0. The number of amides is 1. The van der Waals surface area contributed by atoms with E-state index in [0.717, 1.165) is 11.1 Å². The molecule has 0 spiro atoms. The normalized spacial score (nSPS) is 11.1. The summed E-state index contributed by atoms with van der Waals surface area (Å²) in [6.45, 7) is 6.66. The van der Waals surface area contributed by atoms with E-state index in [0.29, 0.717) is 35.3 Å². The third-order valence-electron chi connectivity index (χ3n) is 4.27. The van der Waals surface area contributed by atoms with Gasteiger partial charge in [0.2, 0.25) is 0 Å². The van der Waals surface area contributed by atoms with E-state index in [4.69, 9.17) is 4.74 Å². The molecule has 0 aliphatic heterocycles. The Balaban J connectivity index is 1.80. The minimum atomic E-state index is -0.369. The maximum Gasteiger partial charge on any atom is 0.252 e. The molecule has 2 aromatic carbocycles. The number of pyridine rings is 1. The third-order valence-corrected chi connectivity index (χ3v) is 4.27. The maximum atomic E-state index is 13.5. The molecule has 27 heavy (non-hydrogen) atoms. The number of hydrogen-bond acceptors (Lipinski definition) is 3. The lowest BCUT2D eigenvalue weighted by molar-refractivity contribution is 0.0651. The Morgan fingerprint density at radius 1 is 1.15 bits per heavy atom. The molecule has 1 amide bonds. The van der Waals surface area contributed by atoms with Gasteiger partial charge in [0.15, 0.2) is 0 Å². The van der Waals surface area contributed by atoms with Crippen LogP contribution in [0.25, 0.3) is 10.9 Å². The number of benzene rings is 2. The highest BCUT2D eigenvalue weighted by molar-refractivity contribution is 6.06. The van der Waals surface area contributed by atoms with Crippen molar-refractivity contribution in [3.63, 3.8) is 0 Å². The lowest BCUT2D eigenvalue weighted by atomic mass is 10.1. The first-order valence-electron chi connectivity index (χ1n) is 8.97. The van der Waals surface area contributed by atoms with Crippen molar-refractivity contribution in [2.45, 2.75) is 40.0 Å². The van der Waals surface area contributed by atoms with Gasteiger partial charge < -0.3 is 10.1 Å². The second-order valence-electron chi connectivity index (χ2n) is 6.78. The molecule has 3 aromatic rings. The van der Waals surface area contributed by atoms with Crippen LogP contribution in [-0.4, -0.2) is 17.0 Å². The second-order valence-corrected chi connectivity index (χ2v) is 6.78. The molecule has 1 heterocycles. The van der Waals surface area contributed by atoms with Crippen molar-refractivity contribution >= 4 is 16.8 Å². The lowest BCUT2D eigenvalue weighted by Gasteiger charge is -2.13. The quantitative estimate of drug-likeness (QED) is 0.697. The average molecular weight is 366 g/mol. The van der Waals surface area contributed by atoms with Crippen LogP contribution in [0.15, 0.2) is 48.5 Å². The van der Waals surface area contributed by atoms with Crippen LogP contribution in [0.1, 0.15) is 41.0 Å². The molecule has 0 aliphatic carbocycles. The minimum absolute atomic E-state index is 0.138. The smallest absolute Gasteiger partial charge is 0.252 e. The van der Waals surface area contributed by atoms with E-state index in [2.05, 4.69) is 10.3 Å². The van der Waals surface area contributed by atoms with Gasteiger partial charge in [0, 0.05) is 23.7 Å². The van der Waals surface area contributed by atoms with E-state index >= 15 is 0 Å². The van der Waals surface area contributed by atoms with Crippen LogP contribution < -0.4 is 5.32 Å². The van der Waals surface area contributed by atoms with Gasteiger partial charge in [0.1, 0.15) is 5.82 Å². The molecule has 5 heteroatoms. The fraction of sp³-hybridized carbons (Fsp3) is 0.273. The number of carbonyl (C=O) groups excluding carboxylic acids is 1. The summed E-state index contributed by atoms with van der Waals surface area (Å²) in [5.74, 6) is -0.581. The molecular weight excluding hydrogens is 343 g/mol. The van der Waals surface area contributed by atoms with Crippen LogP contribution in [0.2, 0.25) is 0 Å². The monoisotopic (exact) mass is 366 g/mol. The second kappa shape index (κ2) is 8.27. The summed E-state index contributed by atoms with van der Waals surface area (Å²) < 4.78 is 19.2. The first-order chi connectivity index (χ1) is 12.9. The molecule has 0 saturated carbocycles. The van der Waals surface area contributed by atoms with Gasteiger partial charge in [-0.25, -0.2) is 4.39 Å². The fourth-order valence-electron chi connectivity index (χ4n) is 2.92. The van der Waals surface area contributed by atoms with Crippen LogP contribution in [0.4, 0.5) is 4.39 Å². The summed E-state index contributed by atoms with van der Waals surface area (Å²) in [5, 5.41) is 3.60. The molecule has 0 aliphatic rings. The predicted octanol–water partition coefficient (Wildman–Crippen LogP) is 4.54. The molecule has 4 nitrogen and oxygen atoms in total. The molecule has 0 unspecified atom stereocenters. The Bertz CT molecular complexity index is 964. The first-order valence-corrected chi connectivity index (χ1v) is 8.97. The van der Waals surface area contributed by atoms with Crippen molar-refractivity contribution in [2.24, 2.45) is 0 Å². The van der Waals surface area contributed by atoms with Crippen molar-refractivity contribution in [1.29, 1.82) is 0 Å². The van der Waals surface area contributed by atoms with E-state index in [1.165, 1.54) is 12.1 Å². The molecule has 0 fully saturated rings. The van der Waals surface area contributed by atoms with Crippen LogP contribution in [0, 0.1) is 12.7 Å². The summed E-state index contributed by atoms with van der Waals surface area (Å²) in [4.78, 5) is 17.1. The van der Waals surface area contributed by atoms with Crippen molar-refractivity contribution in [2.75, 3.05) is 0 Å². The van der Waals surface area contributed by atoms with Gasteiger partial charge in [-0.05, 0) is 50.1 Å². The van der Waals surface area contributed by atoms with E-state index in [-0.39, 0.29) is 17.8 Å². The summed E-state index contributed by atoms with van der Waals surface area (Å²) in [6.07, 6.45) is 0.138. The van der Waals surface area contributed by atoms with E-state index < -0.39 is 0 Å². The van der Waals surface area contributed by atoms with Crippen LogP contribution >= 0.6 is 0 Å². The van der Waals surface area contributed by atoms with Crippen LogP contribution in [0.5, 0.6) is 0 Å². The molecule has 0 bridgehead atoms. The number of halogens is 1. The highest BCUT2D eigenvalue weighted by atomic mass is 19.1. The maximum absolute atomic E-state index is 13.5. The summed E-state index contributed by atoms with van der Waals surface area (Å²) in [5.41, 5.74) is 3.69. The summed E-state index contributed by atoms with van der Waals surface area (Å²) in [6, 6.07) is 13.9. The van der Waals surface area contributed by atoms with Crippen LogP contribution in [0.3, 0.4) is 0 Å². The molecule has 140 valence electrons. The average Bonchev–Trinajstić information content (AvgIpc) is 2.64. The standard InChI is InChI=1S/C22H23FN2O2/c1-14(2)27-13-17-7-5-4-6-16(17)12-24-22(26)20-10-15(3)25-21-11-18(23)8-9-19(20)21/h4-11,14H,12-13H2,1-3H3,(H,24,26). The third kappa shape index (κ3) is 4.68. The molecule has 0 atom stereocenters. The van der Waals surface area contributed by atoms with Gasteiger partial charge in [-0.1, -0.05) is 24.3 Å². The first kappa shape index (κ1) is 19.0. The van der Waals surface area contributed by atoms with Gasteiger partial charge in [-0.15, -0.1) is 0 Å². The van der Waals surface area contributed by atoms with E-state index in [9.17, 15) is 9.18 Å². The Labute approximate surface area is 158 Å². The number of rotatable bonds is 6. The zero-order valence-corrected chi connectivity index (χ0v) is 15.8. The highest BCUT2D eigenvalue weighted by Crippen LogP contribution is 2.20. The Hall–Kier alpha value is -2.79. The number of hydrogen-bond donors (Lipinski definition) is 1. The van der Waals surface area contributed by atoms with Gasteiger partial charge in [-0.2, -0.15) is 0 Å².